The van der Waals surface area contributed by atoms with E-state index < -0.39 is 0 Å². The third kappa shape index (κ3) is 2.54. The third-order valence-electron chi connectivity index (χ3n) is 2.89. The van der Waals surface area contributed by atoms with Gasteiger partial charge in [-0.2, -0.15) is 0 Å². The van der Waals surface area contributed by atoms with Crippen molar-refractivity contribution in [2.24, 2.45) is 0 Å². The molecule has 0 saturated heterocycles. The molecule has 0 fully saturated rings. The number of non-ortho nitro benzene ring substituents is 1. The van der Waals surface area contributed by atoms with Crippen molar-refractivity contribution in [3.63, 3.8) is 0 Å². The van der Waals surface area contributed by atoms with Crippen molar-refractivity contribution in [2.45, 2.75) is 6.54 Å². The molecule has 0 amide bonds. The van der Waals surface area contributed by atoms with Crippen LogP contribution in [0.3, 0.4) is 0 Å². The molecule has 1 heterocycles. The SMILES string of the molecule is O=[N+]([O-])c1cccc(CNc2cccc3n[se]nc23)c1. The van der Waals surface area contributed by atoms with Crippen LogP contribution in [0.2, 0.25) is 0 Å². The number of fused-ring (bicyclic) bond motifs is 1. The predicted molar refractivity (Wildman–Crippen MR) is 76.9 cm³/mol. The fourth-order valence-electron chi connectivity index (χ4n) is 1.93. The van der Waals surface area contributed by atoms with Crippen LogP contribution in [0.5, 0.6) is 0 Å². The van der Waals surface area contributed by atoms with Crippen LogP contribution in [-0.2, 0) is 6.54 Å². The Morgan fingerprint density at radius 2 is 2.05 bits per heavy atom. The summed E-state index contributed by atoms with van der Waals surface area (Å²) in [6.45, 7) is 0.515. The molecule has 3 aromatic rings. The quantitative estimate of drug-likeness (QED) is 0.450. The number of benzene rings is 2. The van der Waals surface area contributed by atoms with Gasteiger partial charge in [0, 0.05) is 0 Å². The molecule has 3 rings (SSSR count). The van der Waals surface area contributed by atoms with Gasteiger partial charge in [-0.1, -0.05) is 0 Å². The Morgan fingerprint density at radius 1 is 1.20 bits per heavy atom. The summed E-state index contributed by atoms with van der Waals surface area (Å²) in [5.74, 6) is 0. The van der Waals surface area contributed by atoms with Crippen LogP contribution in [0.4, 0.5) is 11.4 Å². The molecule has 0 atom stereocenters. The summed E-state index contributed by atoms with van der Waals surface area (Å²) >= 11 is -0.0638. The van der Waals surface area contributed by atoms with Gasteiger partial charge in [-0.15, -0.1) is 0 Å². The Bertz CT molecular complexity index is 772. The number of nitro benzene ring substituents is 1. The monoisotopic (exact) mass is 334 g/mol. The maximum absolute atomic E-state index is 10.7. The Labute approximate surface area is 120 Å². The van der Waals surface area contributed by atoms with Gasteiger partial charge in [-0.25, -0.2) is 0 Å². The van der Waals surface area contributed by atoms with Crippen molar-refractivity contribution in [3.8, 4) is 0 Å². The summed E-state index contributed by atoms with van der Waals surface area (Å²) in [6.07, 6.45) is 0. The summed E-state index contributed by atoms with van der Waals surface area (Å²) < 4.78 is 8.70. The Morgan fingerprint density at radius 3 is 2.90 bits per heavy atom. The topological polar surface area (TPSA) is 81.0 Å². The molecule has 1 aromatic heterocycles. The number of hydrogen-bond donors (Lipinski definition) is 1. The van der Waals surface area contributed by atoms with E-state index in [0.717, 1.165) is 22.3 Å². The second-order valence-electron chi connectivity index (χ2n) is 4.22. The van der Waals surface area contributed by atoms with Crippen molar-refractivity contribution in [1.29, 1.82) is 0 Å². The Hall–Kier alpha value is -2.24. The van der Waals surface area contributed by atoms with E-state index in [1.165, 1.54) is 6.07 Å². The van der Waals surface area contributed by atoms with Gasteiger partial charge in [0.1, 0.15) is 0 Å². The Kier molecular flexibility index (Phi) is 3.45. The number of rotatable bonds is 4. The van der Waals surface area contributed by atoms with Gasteiger partial charge in [0.15, 0.2) is 0 Å². The van der Waals surface area contributed by atoms with Gasteiger partial charge >= 0.3 is 120 Å². The van der Waals surface area contributed by atoms with Crippen molar-refractivity contribution in [3.05, 3.63) is 58.1 Å². The van der Waals surface area contributed by atoms with E-state index in [2.05, 4.69) is 13.3 Å². The molecule has 0 aliphatic heterocycles. The molecule has 7 heteroatoms. The molecule has 100 valence electrons. The first-order valence-corrected chi connectivity index (χ1v) is 7.46. The molecule has 20 heavy (non-hydrogen) atoms. The fourth-order valence-corrected chi connectivity index (χ4v) is 3.08. The number of nitrogens with one attached hydrogen (secondary N) is 1. The average Bonchev–Trinajstić information content (AvgIpc) is 2.94. The molecule has 0 spiro atoms. The number of nitro groups is 1. The van der Waals surface area contributed by atoms with E-state index in [1.54, 1.807) is 12.1 Å². The van der Waals surface area contributed by atoms with E-state index >= 15 is 0 Å². The van der Waals surface area contributed by atoms with E-state index in [1.807, 2.05) is 24.3 Å². The van der Waals surface area contributed by atoms with Crippen LogP contribution < -0.4 is 5.32 Å². The summed E-state index contributed by atoms with van der Waals surface area (Å²) in [5.41, 5.74) is 3.67. The second kappa shape index (κ2) is 5.40. The van der Waals surface area contributed by atoms with Crippen LogP contribution in [0.15, 0.2) is 42.5 Å². The first-order valence-electron chi connectivity index (χ1n) is 5.92. The van der Waals surface area contributed by atoms with E-state index in [0.29, 0.717) is 6.54 Å². The van der Waals surface area contributed by atoms with Crippen molar-refractivity contribution in [1.82, 2.24) is 7.96 Å². The van der Waals surface area contributed by atoms with Gasteiger partial charge in [0.25, 0.3) is 0 Å². The summed E-state index contributed by atoms with van der Waals surface area (Å²) in [7, 11) is 0. The summed E-state index contributed by atoms with van der Waals surface area (Å²) in [5, 5.41) is 14.0. The summed E-state index contributed by atoms with van der Waals surface area (Å²) in [6, 6.07) is 12.4. The molecule has 0 radical (unpaired) electrons. The molecule has 1 N–H and O–H groups in total. The van der Waals surface area contributed by atoms with Gasteiger partial charge in [-0.05, 0) is 0 Å². The van der Waals surface area contributed by atoms with E-state index in [9.17, 15) is 10.1 Å². The average molecular weight is 333 g/mol. The van der Waals surface area contributed by atoms with Crippen LogP contribution in [0.1, 0.15) is 5.56 Å². The van der Waals surface area contributed by atoms with Gasteiger partial charge in [0.2, 0.25) is 0 Å². The first-order chi connectivity index (χ1) is 9.74. The van der Waals surface area contributed by atoms with E-state index in [-0.39, 0.29) is 25.6 Å². The van der Waals surface area contributed by atoms with Gasteiger partial charge in [-0.3, -0.25) is 0 Å². The minimum atomic E-state index is -0.388. The predicted octanol–water partition coefficient (Wildman–Crippen LogP) is 2.21. The number of nitrogens with zero attached hydrogens (tertiary/aromatic N) is 3. The molecule has 0 aliphatic carbocycles. The molecular weight excluding hydrogens is 323 g/mol. The van der Waals surface area contributed by atoms with Crippen molar-refractivity contribution >= 4 is 37.4 Å². The number of aromatic nitrogens is 2. The zero-order valence-electron chi connectivity index (χ0n) is 10.3. The van der Waals surface area contributed by atoms with Crippen LogP contribution >= 0.6 is 0 Å². The minimum absolute atomic E-state index is 0.0638. The first kappa shape index (κ1) is 12.8. The molecular formula is C13H10N4O2Se. The van der Waals surface area contributed by atoms with E-state index in [4.69, 9.17) is 0 Å². The van der Waals surface area contributed by atoms with Crippen LogP contribution in [0, 0.1) is 10.1 Å². The molecule has 0 bridgehead atoms. The van der Waals surface area contributed by atoms with Crippen molar-refractivity contribution in [2.75, 3.05) is 5.32 Å². The fraction of sp³-hybridized carbons (Fsp3) is 0.0769. The standard InChI is InChI=1S/C13H10N4O2Se/c18-17(19)10-4-1-3-9(7-10)8-14-11-5-2-6-12-13(11)16-20-15-12/h1-7,14H,8H2. The normalized spacial score (nSPS) is 10.6. The zero-order valence-corrected chi connectivity index (χ0v) is 12.0. The molecule has 6 nitrogen and oxygen atoms in total. The number of anilines is 1. The molecule has 0 saturated carbocycles. The third-order valence-corrected chi connectivity index (χ3v) is 4.03. The number of hydrogen-bond acceptors (Lipinski definition) is 5. The maximum atomic E-state index is 10.7. The molecule has 2 aromatic carbocycles. The van der Waals surface area contributed by atoms with Crippen molar-refractivity contribution < 1.29 is 4.92 Å². The summed E-state index contributed by atoms with van der Waals surface area (Å²) in [4.78, 5) is 10.4. The second-order valence-corrected chi connectivity index (χ2v) is 5.33. The van der Waals surface area contributed by atoms with Crippen LogP contribution in [-0.4, -0.2) is 27.8 Å². The molecule has 0 aliphatic rings. The molecule has 0 unspecified atom stereocenters. The Balaban J connectivity index is 1.81. The van der Waals surface area contributed by atoms with Gasteiger partial charge in [0.05, 0.1) is 0 Å². The zero-order chi connectivity index (χ0) is 13.9. The van der Waals surface area contributed by atoms with Gasteiger partial charge < -0.3 is 0 Å². The van der Waals surface area contributed by atoms with Crippen LogP contribution in [0.25, 0.3) is 11.0 Å².